The number of carbonyl (C=O) groups is 2. The molecule has 1 aliphatic heterocycles. The second-order valence-electron chi connectivity index (χ2n) is 7.91. The molecule has 1 unspecified atom stereocenters. The van der Waals surface area contributed by atoms with E-state index in [-0.39, 0.29) is 30.0 Å². The highest BCUT2D eigenvalue weighted by Crippen LogP contribution is 2.39. The molecule has 2 aromatic carbocycles. The number of hydrogen-bond acceptors (Lipinski definition) is 6. The van der Waals surface area contributed by atoms with Crippen molar-refractivity contribution >= 4 is 28.2 Å². The summed E-state index contributed by atoms with van der Waals surface area (Å²) in [6.45, 7) is 2.51. The average Bonchev–Trinajstić information content (AvgIpc) is 3.56. The van der Waals surface area contributed by atoms with E-state index in [9.17, 15) is 18.0 Å². The van der Waals surface area contributed by atoms with E-state index < -0.39 is 16.7 Å². The van der Waals surface area contributed by atoms with Crippen LogP contribution in [0.5, 0.6) is 11.5 Å². The lowest BCUT2D eigenvalue weighted by atomic mass is 10.1. The number of methoxy groups -OCH3 is 1. The van der Waals surface area contributed by atoms with Crippen LogP contribution in [0.4, 0.5) is 5.69 Å². The molecule has 1 aliphatic carbocycles. The minimum Gasteiger partial charge on any atom is -0.493 e. The highest BCUT2D eigenvalue weighted by atomic mass is 32.2. The number of nitrogens with zero attached hydrogens (tertiary/aromatic N) is 1. The maximum Gasteiger partial charge on any atom is 0.257 e. The Morgan fingerprint density at radius 2 is 2.00 bits per heavy atom. The monoisotopic (exact) mass is 458 g/mol. The van der Waals surface area contributed by atoms with Crippen molar-refractivity contribution in [2.24, 2.45) is 5.92 Å². The molecule has 1 N–H and O–H groups in total. The Morgan fingerprint density at radius 3 is 2.66 bits per heavy atom. The molecule has 32 heavy (non-hydrogen) atoms. The summed E-state index contributed by atoms with van der Waals surface area (Å²) in [7, 11) is -1.23. The van der Waals surface area contributed by atoms with E-state index in [0.717, 1.165) is 18.4 Å². The molecule has 2 aromatic rings. The number of thiol groups is 1. The fourth-order valence-corrected chi connectivity index (χ4v) is 4.70. The predicted octanol–water partition coefficient (Wildman–Crippen LogP) is 2.75. The second-order valence-corrected chi connectivity index (χ2v) is 8.94. The van der Waals surface area contributed by atoms with Crippen LogP contribution in [0.25, 0.3) is 0 Å². The molecule has 0 spiro atoms. The van der Waals surface area contributed by atoms with Crippen LogP contribution in [0.1, 0.15) is 47.3 Å². The van der Waals surface area contributed by atoms with Crippen molar-refractivity contribution < 1.29 is 27.5 Å². The van der Waals surface area contributed by atoms with Crippen molar-refractivity contribution in [2.75, 3.05) is 24.8 Å². The van der Waals surface area contributed by atoms with Gasteiger partial charge in [-0.1, -0.05) is 18.2 Å². The zero-order valence-corrected chi connectivity index (χ0v) is 18.9. The van der Waals surface area contributed by atoms with E-state index in [4.69, 9.17) is 9.47 Å². The summed E-state index contributed by atoms with van der Waals surface area (Å²) in [6, 6.07) is 9.81. The molecule has 0 bridgehead atoms. The Morgan fingerprint density at radius 1 is 1.22 bits per heavy atom. The van der Waals surface area contributed by atoms with E-state index >= 15 is 0 Å². The van der Waals surface area contributed by atoms with Gasteiger partial charge in [0.1, 0.15) is 10.7 Å². The van der Waals surface area contributed by atoms with Gasteiger partial charge in [-0.05, 0) is 49.1 Å². The molecule has 170 valence electrons. The van der Waals surface area contributed by atoms with Gasteiger partial charge < -0.3 is 19.7 Å². The largest absolute Gasteiger partial charge is 0.493 e. The third-order valence-electron chi connectivity index (χ3n) is 5.74. The van der Waals surface area contributed by atoms with Gasteiger partial charge in [-0.25, -0.2) is 8.42 Å². The highest BCUT2D eigenvalue weighted by molar-refractivity contribution is 7.72. The Hall–Kier alpha value is -3.07. The lowest BCUT2D eigenvalue weighted by molar-refractivity contribution is -0.117. The molecule has 4 rings (SSSR count). The van der Waals surface area contributed by atoms with E-state index in [1.54, 1.807) is 35.2 Å². The molecular weight excluding hydrogens is 432 g/mol. The van der Waals surface area contributed by atoms with Crippen LogP contribution in [0.15, 0.2) is 36.4 Å². The van der Waals surface area contributed by atoms with Gasteiger partial charge in [-0.15, -0.1) is 0 Å². The van der Waals surface area contributed by atoms with Crippen LogP contribution in [-0.4, -0.2) is 44.6 Å². The first-order valence-corrected chi connectivity index (χ1v) is 12.0. The van der Waals surface area contributed by atoms with E-state index in [1.165, 1.54) is 7.11 Å². The van der Waals surface area contributed by atoms with E-state index in [1.807, 2.05) is 13.0 Å². The third kappa shape index (κ3) is 4.43. The van der Waals surface area contributed by atoms with Crippen LogP contribution in [0.3, 0.4) is 0 Å². The van der Waals surface area contributed by atoms with Crippen molar-refractivity contribution in [2.45, 2.75) is 32.4 Å². The molecule has 0 saturated heterocycles. The molecule has 2 amide bonds. The Bertz CT molecular complexity index is 1120. The van der Waals surface area contributed by atoms with Crippen molar-refractivity contribution in [3.05, 3.63) is 53.1 Å². The minimum absolute atomic E-state index is 0.00647. The van der Waals surface area contributed by atoms with Gasteiger partial charge >= 0.3 is 0 Å². The summed E-state index contributed by atoms with van der Waals surface area (Å²) in [5.74, 6) is 0.410. The van der Waals surface area contributed by atoms with Crippen molar-refractivity contribution in [3.63, 3.8) is 0 Å². The van der Waals surface area contributed by atoms with Crippen molar-refractivity contribution in [3.8, 4) is 11.5 Å². The lowest BCUT2D eigenvalue weighted by Gasteiger charge is -2.27. The number of rotatable bonds is 9. The zero-order valence-electron chi connectivity index (χ0n) is 18.0. The normalized spacial score (nSPS) is 16.1. The molecule has 8 nitrogen and oxygen atoms in total. The number of nitrogens with one attached hydrogen (secondary N) is 1. The maximum absolute atomic E-state index is 13.4. The number of anilines is 1. The van der Waals surface area contributed by atoms with Gasteiger partial charge in [-0.2, -0.15) is 0 Å². The molecular formula is C23H26N2O6S. The van der Waals surface area contributed by atoms with Crippen LogP contribution in [0.2, 0.25) is 0 Å². The molecule has 1 atom stereocenters. The first-order chi connectivity index (χ1) is 15.4. The second kappa shape index (κ2) is 9.20. The number of ether oxygens (including phenoxy) is 2. The van der Waals surface area contributed by atoms with E-state index in [0.29, 0.717) is 34.9 Å². The third-order valence-corrected chi connectivity index (χ3v) is 6.39. The van der Waals surface area contributed by atoms with Gasteiger partial charge in [0.15, 0.2) is 11.5 Å². The number of hydrogen-bond donors (Lipinski definition) is 2. The smallest absolute Gasteiger partial charge is 0.257 e. The molecule has 9 heteroatoms. The number of fused-ring (bicyclic) bond motifs is 1. The SMILES string of the molecule is CCOc1cc(C(C[SH](=O)=O)N2Cc3cccc(NC(=O)C4CC4)c3C2=O)ccc1OC. The molecule has 1 fully saturated rings. The van der Waals surface area contributed by atoms with Crippen LogP contribution < -0.4 is 14.8 Å². The van der Waals surface area contributed by atoms with Gasteiger partial charge in [-0.3, -0.25) is 9.59 Å². The number of amides is 2. The van der Waals surface area contributed by atoms with Gasteiger partial charge in [0.05, 0.1) is 36.8 Å². The number of benzene rings is 2. The van der Waals surface area contributed by atoms with E-state index in [2.05, 4.69) is 5.32 Å². The molecule has 1 heterocycles. The first-order valence-electron chi connectivity index (χ1n) is 10.6. The van der Waals surface area contributed by atoms with Crippen LogP contribution in [-0.2, 0) is 22.0 Å². The van der Waals surface area contributed by atoms with Crippen molar-refractivity contribution in [1.82, 2.24) is 4.90 Å². The quantitative estimate of drug-likeness (QED) is 0.561. The topological polar surface area (TPSA) is 102 Å². The summed E-state index contributed by atoms with van der Waals surface area (Å²) in [5, 5.41) is 2.87. The summed E-state index contributed by atoms with van der Waals surface area (Å²) in [4.78, 5) is 27.3. The fourth-order valence-electron chi connectivity index (χ4n) is 4.01. The molecule has 1 saturated carbocycles. The standard InChI is InChI=1S/C23H26N2O6S/c1-3-31-20-11-15(9-10-19(20)30-2)18(13-32(28)29)25-12-16-5-4-6-17(21(16)23(25)27)24-22(26)14-7-8-14/h4-6,9-11,14,18,32H,3,7-8,12-13H2,1-2H3,(H,24,26). The van der Waals surface area contributed by atoms with Crippen LogP contribution in [0, 0.1) is 5.92 Å². The Kier molecular flexibility index (Phi) is 6.36. The summed E-state index contributed by atoms with van der Waals surface area (Å²) >= 11 is 0. The van der Waals surface area contributed by atoms with Gasteiger partial charge in [0.25, 0.3) is 5.91 Å². The highest BCUT2D eigenvalue weighted by Gasteiger charge is 2.37. The minimum atomic E-state index is -2.76. The average molecular weight is 459 g/mol. The fraction of sp³-hybridized carbons (Fsp3) is 0.391. The summed E-state index contributed by atoms with van der Waals surface area (Å²) < 4.78 is 34.4. The summed E-state index contributed by atoms with van der Waals surface area (Å²) in [5.41, 5.74) is 2.29. The Labute approximate surface area is 188 Å². The lowest BCUT2D eigenvalue weighted by Crippen LogP contribution is -2.32. The van der Waals surface area contributed by atoms with Crippen molar-refractivity contribution in [1.29, 1.82) is 0 Å². The number of carbonyl (C=O) groups excluding carboxylic acids is 2. The molecule has 2 aliphatic rings. The maximum atomic E-state index is 13.4. The van der Waals surface area contributed by atoms with Gasteiger partial charge in [0.2, 0.25) is 5.91 Å². The molecule has 0 aromatic heterocycles. The van der Waals surface area contributed by atoms with Gasteiger partial charge in [0, 0.05) is 12.5 Å². The van der Waals surface area contributed by atoms with Crippen LogP contribution >= 0.6 is 0 Å². The molecule has 0 radical (unpaired) electrons. The zero-order chi connectivity index (χ0) is 22.8. The Balaban J connectivity index is 1.68. The summed E-state index contributed by atoms with van der Waals surface area (Å²) in [6.07, 6.45) is 1.72. The predicted molar refractivity (Wildman–Crippen MR) is 120 cm³/mol. The first kappa shape index (κ1) is 22.1.